The fraction of sp³-hybridized carbons (Fsp3) is 0.750. The van der Waals surface area contributed by atoms with E-state index in [0.717, 1.165) is 17.1 Å². The van der Waals surface area contributed by atoms with E-state index in [2.05, 4.69) is 27.6 Å². The average Bonchev–Trinajstić information content (AvgIpc) is 2.71. The van der Waals surface area contributed by atoms with Crippen LogP contribution in [0.25, 0.3) is 0 Å². The maximum Gasteiger partial charge on any atom is 0.177 e. The van der Waals surface area contributed by atoms with Gasteiger partial charge in [0.2, 0.25) is 0 Å². The molecule has 4 heterocycles. The number of aromatic amines is 1. The lowest BCUT2D eigenvalue weighted by molar-refractivity contribution is 0.0552. The van der Waals surface area contributed by atoms with E-state index in [1.807, 2.05) is 0 Å². The topological polar surface area (TPSA) is 24.0 Å². The molecular formula is C12H19N3S. The standard InChI is InChI=1S/C12H19N3S/c1-2-10-7-13-12(16)15(10)11-8-14-5-3-9(11)4-6-14/h7,9,11H,2-6,8H2,1H3,(H,13,16). The van der Waals surface area contributed by atoms with Crippen LogP contribution >= 0.6 is 12.2 Å². The summed E-state index contributed by atoms with van der Waals surface area (Å²) in [4.78, 5) is 5.79. The smallest absolute Gasteiger partial charge is 0.177 e. The minimum absolute atomic E-state index is 0.621. The summed E-state index contributed by atoms with van der Waals surface area (Å²) in [5, 5.41) is 0. The molecule has 0 radical (unpaired) electrons. The van der Waals surface area contributed by atoms with Crippen molar-refractivity contribution in [3.8, 4) is 0 Å². The van der Waals surface area contributed by atoms with Crippen LogP contribution in [0.1, 0.15) is 31.5 Å². The van der Waals surface area contributed by atoms with Crippen molar-refractivity contribution < 1.29 is 0 Å². The van der Waals surface area contributed by atoms with Crippen LogP contribution < -0.4 is 0 Å². The summed E-state index contributed by atoms with van der Waals surface area (Å²) >= 11 is 5.42. The number of rotatable bonds is 2. The van der Waals surface area contributed by atoms with Crippen LogP contribution in [0.15, 0.2) is 6.20 Å². The largest absolute Gasteiger partial charge is 0.337 e. The predicted molar refractivity (Wildman–Crippen MR) is 67.2 cm³/mol. The number of nitrogens with zero attached hydrogens (tertiary/aromatic N) is 2. The molecule has 3 aliphatic rings. The summed E-state index contributed by atoms with van der Waals surface area (Å²) in [6, 6.07) is 0.621. The van der Waals surface area contributed by atoms with Crippen LogP contribution in [0, 0.1) is 10.7 Å². The number of hydrogen-bond acceptors (Lipinski definition) is 2. The molecule has 1 aromatic rings. The Labute approximate surface area is 101 Å². The van der Waals surface area contributed by atoms with Crippen LogP contribution in [0.2, 0.25) is 0 Å². The maximum absolute atomic E-state index is 5.42. The van der Waals surface area contributed by atoms with Gasteiger partial charge in [-0.15, -0.1) is 0 Å². The first kappa shape index (κ1) is 10.5. The highest BCUT2D eigenvalue weighted by atomic mass is 32.1. The number of nitrogens with one attached hydrogen (secondary N) is 1. The Balaban J connectivity index is 1.97. The molecule has 3 nitrogen and oxygen atoms in total. The second kappa shape index (κ2) is 4.00. The fourth-order valence-corrected chi connectivity index (χ4v) is 3.59. The van der Waals surface area contributed by atoms with Crippen molar-refractivity contribution in [3.05, 3.63) is 16.7 Å². The van der Waals surface area contributed by atoms with Crippen LogP contribution in [-0.4, -0.2) is 34.1 Å². The van der Waals surface area contributed by atoms with Gasteiger partial charge in [-0.25, -0.2) is 0 Å². The monoisotopic (exact) mass is 237 g/mol. The van der Waals surface area contributed by atoms with Gasteiger partial charge in [0.05, 0.1) is 6.04 Å². The van der Waals surface area contributed by atoms with Crippen molar-refractivity contribution in [2.24, 2.45) is 5.92 Å². The molecule has 0 saturated carbocycles. The van der Waals surface area contributed by atoms with Crippen LogP contribution in [0.5, 0.6) is 0 Å². The highest BCUT2D eigenvalue weighted by Crippen LogP contribution is 2.36. The summed E-state index contributed by atoms with van der Waals surface area (Å²) < 4.78 is 3.29. The second-order valence-electron chi connectivity index (χ2n) is 5.01. The third-order valence-electron chi connectivity index (χ3n) is 4.21. The van der Waals surface area contributed by atoms with E-state index in [1.54, 1.807) is 0 Å². The molecule has 0 amide bonds. The molecule has 1 aromatic heterocycles. The molecule has 3 saturated heterocycles. The number of aromatic nitrogens is 2. The number of H-pyrrole nitrogens is 1. The third-order valence-corrected chi connectivity index (χ3v) is 4.52. The molecule has 0 spiro atoms. The molecule has 2 bridgehead atoms. The van der Waals surface area contributed by atoms with E-state index in [-0.39, 0.29) is 0 Å². The molecule has 0 aliphatic carbocycles. The Hall–Kier alpha value is -0.610. The van der Waals surface area contributed by atoms with Gasteiger partial charge in [0, 0.05) is 18.4 Å². The molecule has 88 valence electrons. The number of aryl methyl sites for hydroxylation is 1. The Morgan fingerprint density at radius 1 is 1.44 bits per heavy atom. The van der Waals surface area contributed by atoms with Crippen molar-refractivity contribution >= 4 is 12.2 Å². The zero-order valence-corrected chi connectivity index (χ0v) is 10.6. The Kier molecular flexibility index (Phi) is 2.64. The first-order valence-corrected chi connectivity index (χ1v) is 6.71. The summed E-state index contributed by atoms with van der Waals surface area (Å²) in [5.41, 5.74) is 1.36. The van der Waals surface area contributed by atoms with Crippen molar-refractivity contribution in [2.45, 2.75) is 32.2 Å². The molecule has 16 heavy (non-hydrogen) atoms. The van der Waals surface area contributed by atoms with Crippen molar-refractivity contribution in [1.82, 2.24) is 14.5 Å². The van der Waals surface area contributed by atoms with Crippen molar-refractivity contribution in [3.63, 3.8) is 0 Å². The van der Waals surface area contributed by atoms with E-state index < -0.39 is 0 Å². The van der Waals surface area contributed by atoms with Crippen molar-refractivity contribution in [1.29, 1.82) is 0 Å². The lowest BCUT2D eigenvalue weighted by Crippen LogP contribution is -2.48. The predicted octanol–water partition coefficient (Wildman–Crippen LogP) is 2.37. The minimum atomic E-state index is 0.621. The number of hydrogen-bond donors (Lipinski definition) is 1. The van der Waals surface area contributed by atoms with Gasteiger partial charge < -0.3 is 14.5 Å². The average molecular weight is 237 g/mol. The molecular weight excluding hydrogens is 218 g/mol. The zero-order chi connectivity index (χ0) is 11.1. The van der Waals surface area contributed by atoms with Crippen molar-refractivity contribution in [2.75, 3.05) is 19.6 Å². The number of piperidine rings is 3. The van der Waals surface area contributed by atoms with E-state index in [9.17, 15) is 0 Å². The summed E-state index contributed by atoms with van der Waals surface area (Å²) in [6.07, 6.45) is 5.85. The first-order chi connectivity index (χ1) is 7.79. The molecule has 4 rings (SSSR count). The van der Waals surface area contributed by atoms with Crippen LogP contribution in [0.4, 0.5) is 0 Å². The van der Waals surface area contributed by atoms with Crippen LogP contribution in [0.3, 0.4) is 0 Å². The van der Waals surface area contributed by atoms with E-state index in [1.165, 1.54) is 38.2 Å². The van der Waals surface area contributed by atoms with Gasteiger partial charge in [-0.3, -0.25) is 0 Å². The van der Waals surface area contributed by atoms with Gasteiger partial charge in [0.25, 0.3) is 0 Å². The number of imidazole rings is 1. The third kappa shape index (κ3) is 1.55. The molecule has 1 atom stereocenters. The van der Waals surface area contributed by atoms with Gasteiger partial charge >= 0.3 is 0 Å². The van der Waals surface area contributed by atoms with Crippen LogP contribution in [-0.2, 0) is 6.42 Å². The SMILES string of the molecule is CCc1c[nH]c(=S)n1C1CN2CCC1CC2. The Morgan fingerprint density at radius 2 is 2.19 bits per heavy atom. The van der Waals surface area contributed by atoms with E-state index >= 15 is 0 Å². The lowest BCUT2D eigenvalue weighted by Gasteiger charge is -2.45. The Morgan fingerprint density at radius 3 is 2.75 bits per heavy atom. The normalized spacial score (nSPS) is 33.2. The highest BCUT2D eigenvalue weighted by molar-refractivity contribution is 7.71. The molecule has 3 fully saturated rings. The summed E-state index contributed by atoms with van der Waals surface area (Å²) in [5.74, 6) is 0.845. The van der Waals surface area contributed by atoms with Gasteiger partial charge in [0.15, 0.2) is 4.77 Å². The molecule has 0 aromatic carbocycles. The van der Waals surface area contributed by atoms with Gasteiger partial charge in [-0.1, -0.05) is 6.92 Å². The zero-order valence-electron chi connectivity index (χ0n) is 9.78. The lowest BCUT2D eigenvalue weighted by atomic mass is 9.84. The van der Waals surface area contributed by atoms with Gasteiger partial charge in [0.1, 0.15) is 0 Å². The maximum atomic E-state index is 5.42. The summed E-state index contributed by atoms with van der Waals surface area (Å²) in [7, 11) is 0. The van der Waals surface area contributed by atoms with E-state index in [0.29, 0.717) is 6.04 Å². The molecule has 1 unspecified atom stereocenters. The Bertz CT molecular complexity index is 426. The molecule has 4 heteroatoms. The second-order valence-corrected chi connectivity index (χ2v) is 5.40. The fourth-order valence-electron chi connectivity index (χ4n) is 3.28. The minimum Gasteiger partial charge on any atom is -0.337 e. The molecule has 3 aliphatic heterocycles. The van der Waals surface area contributed by atoms with E-state index in [4.69, 9.17) is 12.2 Å². The number of fused-ring (bicyclic) bond motifs is 3. The van der Waals surface area contributed by atoms with Gasteiger partial charge in [-0.2, -0.15) is 0 Å². The summed E-state index contributed by atoms with van der Waals surface area (Å²) in [6.45, 7) is 5.99. The molecule has 1 N–H and O–H groups in total. The van der Waals surface area contributed by atoms with Gasteiger partial charge in [-0.05, 0) is 50.5 Å². The highest BCUT2D eigenvalue weighted by Gasteiger charge is 2.35. The first-order valence-electron chi connectivity index (χ1n) is 6.30. The quantitative estimate of drug-likeness (QED) is 0.799.